The van der Waals surface area contributed by atoms with E-state index in [-0.39, 0.29) is 0 Å². The molecule has 2 atom stereocenters. The number of likely N-dealkylation sites (N-methyl/N-ethyl adjacent to an activating group) is 1. The van der Waals surface area contributed by atoms with Crippen molar-refractivity contribution in [2.24, 2.45) is 0 Å². The second-order valence-electron chi connectivity index (χ2n) is 5.49. The van der Waals surface area contributed by atoms with Gasteiger partial charge in [-0.1, -0.05) is 29.3 Å². The van der Waals surface area contributed by atoms with Crippen molar-refractivity contribution >= 4 is 23.2 Å². The molecule has 1 N–H and O–H groups in total. The summed E-state index contributed by atoms with van der Waals surface area (Å²) in [7, 11) is 2.01. The van der Waals surface area contributed by atoms with Gasteiger partial charge in [0.1, 0.15) is 0 Å². The van der Waals surface area contributed by atoms with Crippen LogP contribution in [0.3, 0.4) is 0 Å². The van der Waals surface area contributed by atoms with Crippen molar-refractivity contribution in [3.05, 3.63) is 33.8 Å². The molecule has 0 radical (unpaired) electrons. The first kappa shape index (κ1) is 16.1. The van der Waals surface area contributed by atoms with Crippen molar-refractivity contribution < 1.29 is 4.74 Å². The van der Waals surface area contributed by atoms with E-state index in [4.69, 9.17) is 27.9 Å². The molecule has 0 aliphatic carbocycles. The zero-order valence-corrected chi connectivity index (χ0v) is 13.5. The molecule has 0 amide bonds. The quantitative estimate of drug-likeness (QED) is 0.801. The Morgan fingerprint density at radius 2 is 2.25 bits per heavy atom. The lowest BCUT2D eigenvalue weighted by molar-refractivity contribution is 0.101. The van der Waals surface area contributed by atoms with Gasteiger partial charge in [0.25, 0.3) is 0 Å². The highest BCUT2D eigenvalue weighted by molar-refractivity contribution is 6.35. The van der Waals surface area contributed by atoms with E-state index in [0.29, 0.717) is 17.2 Å². The summed E-state index contributed by atoms with van der Waals surface area (Å²) in [5, 5.41) is 4.84. The molecule has 0 saturated carbocycles. The number of ether oxygens (including phenoxy) is 1. The topological polar surface area (TPSA) is 21.3 Å². The highest BCUT2D eigenvalue weighted by Gasteiger charge is 2.16. The molecule has 2 rings (SSSR count). The van der Waals surface area contributed by atoms with Gasteiger partial charge in [-0.3, -0.25) is 0 Å². The van der Waals surface area contributed by atoms with Gasteiger partial charge < -0.3 is 10.1 Å². The van der Waals surface area contributed by atoms with Gasteiger partial charge in [-0.2, -0.15) is 0 Å². The van der Waals surface area contributed by atoms with Gasteiger partial charge >= 0.3 is 0 Å². The Kier molecular flexibility index (Phi) is 6.63. The molecular weight excluding hydrogens is 293 g/mol. The van der Waals surface area contributed by atoms with Crippen LogP contribution in [0.15, 0.2) is 18.2 Å². The Morgan fingerprint density at radius 1 is 1.40 bits per heavy atom. The summed E-state index contributed by atoms with van der Waals surface area (Å²) in [6.45, 7) is 0.945. The number of rotatable bonds is 7. The Balaban J connectivity index is 1.78. The van der Waals surface area contributed by atoms with Crippen LogP contribution in [0.25, 0.3) is 0 Å². The fourth-order valence-electron chi connectivity index (χ4n) is 2.77. The average Bonchev–Trinajstić information content (AvgIpc) is 2.93. The Bertz CT molecular complexity index is 419. The van der Waals surface area contributed by atoms with E-state index in [0.717, 1.165) is 30.0 Å². The van der Waals surface area contributed by atoms with Crippen LogP contribution in [0.4, 0.5) is 0 Å². The van der Waals surface area contributed by atoms with Crippen molar-refractivity contribution in [1.29, 1.82) is 0 Å². The van der Waals surface area contributed by atoms with Crippen molar-refractivity contribution in [2.75, 3.05) is 13.7 Å². The standard InChI is InChI=1S/C16H23Cl2NO/c1-19-14(4-2-5-15-6-3-9-20-15)10-12-7-8-13(17)11-16(12)18/h7-8,11,14-15,19H,2-6,9-10H2,1H3. The SMILES string of the molecule is CNC(CCCC1CCCO1)Cc1ccc(Cl)cc1Cl. The van der Waals surface area contributed by atoms with Gasteiger partial charge in [0.2, 0.25) is 0 Å². The second-order valence-corrected chi connectivity index (χ2v) is 6.34. The molecule has 0 spiro atoms. The minimum Gasteiger partial charge on any atom is -0.378 e. The maximum absolute atomic E-state index is 6.24. The molecular formula is C16H23Cl2NO. The van der Waals surface area contributed by atoms with Gasteiger partial charge in [-0.05, 0) is 63.3 Å². The van der Waals surface area contributed by atoms with Gasteiger partial charge in [0.15, 0.2) is 0 Å². The molecule has 1 saturated heterocycles. The van der Waals surface area contributed by atoms with Crippen LogP contribution in [0.5, 0.6) is 0 Å². The zero-order chi connectivity index (χ0) is 14.4. The molecule has 2 unspecified atom stereocenters. The van der Waals surface area contributed by atoms with E-state index in [1.54, 1.807) is 0 Å². The Hall–Kier alpha value is -0.280. The maximum Gasteiger partial charge on any atom is 0.0576 e. The molecule has 1 aliphatic heterocycles. The van der Waals surface area contributed by atoms with Crippen molar-refractivity contribution in [3.63, 3.8) is 0 Å². The summed E-state index contributed by atoms with van der Waals surface area (Å²) in [4.78, 5) is 0. The van der Waals surface area contributed by atoms with Crippen LogP contribution in [-0.4, -0.2) is 25.8 Å². The lowest BCUT2D eigenvalue weighted by atomic mass is 9.99. The summed E-state index contributed by atoms with van der Waals surface area (Å²) >= 11 is 12.2. The highest BCUT2D eigenvalue weighted by Crippen LogP contribution is 2.24. The average molecular weight is 316 g/mol. The van der Waals surface area contributed by atoms with Crippen LogP contribution in [-0.2, 0) is 11.2 Å². The van der Waals surface area contributed by atoms with E-state index in [1.165, 1.54) is 25.7 Å². The monoisotopic (exact) mass is 315 g/mol. The lowest BCUT2D eigenvalue weighted by Crippen LogP contribution is -2.28. The predicted molar refractivity (Wildman–Crippen MR) is 85.8 cm³/mol. The fourth-order valence-corrected chi connectivity index (χ4v) is 3.25. The summed E-state index contributed by atoms with van der Waals surface area (Å²) < 4.78 is 5.66. The number of nitrogens with one attached hydrogen (secondary N) is 1. The molecule has 0 bridgehead atoms. The fraction of sp³-hybridized carbons (Fsp3) is 0.625. The van der Waals surface area contributed by atoms with Crippen LogP contribution >= 0.6 is 23.2 Å². The smallest absolute Gasteiger partial charge is 0.0576 e. The normalized spacial score (nSPS) is 20.2. The molecule has 112 valence electrons. The van der Waals surface area contributed by atoms with Crippen molar-refractivity contribution in [2.45, 2.75) is 50.7 Å². The Morgan fingerprint density at radius 3 is 2.90 bits per heavy atom. The van der Waals surface area contributed by atoms with Crippen LogP contribution in [0, 0.1) is 0 Å². The number of hydrogen-bond donors (Lipinski definition) is 1. The first-order valence-corrected chi connectivity index (χ1v) is 8.17. The summed E-state index contributed by atoms with van der Waals surface area (Å²) in [5.41, 5.74) is 1.16. The van der Waals surface area contributed by atoms with Gasteiger partial charge in [0, 0.05) is 22.7 Å². The van der Waals surface area contributed by atoms with Crippen LogP contribution in [0.1, 0.15) is 37.7 Å². The lowest BCUT2D eigenvalue weighted by Gasteiger charge is -2.18. The number of hydrogen-bond acceptors (Lipinski definition) is 2. The first-order chi connectivity index (χ1) is 9.69. The van der Waals surface area contributed by atoms with Gasteiger partial charge in [0.05, 0.1) is 6.10 Å². The molecule has 1 aromatic carbocycles. The van der Waals surface area contributed by atoms with E-state index in [9.17, 15) is 0 Å². The predicted octanol–water partition coefficient (Wildman–Crippen LogP) is 4.47. The third kappa shape index (κ3) is 4.92. The number of halogens is 2. The third-order valence-corrected chi connectivity index (χ3v) is 4.58. The third-order valence-electron chi connectivity index (χ3n) is 3.99. The van der Waals surface area contributed by atoms with E-state index >= 15 is 0 Å². The summed E-state index contributed by atoms with van der Waals surface area (Å²) in [6.07, 6.45) is 7.40. The molecule has 1 aromatic rings. The van der Waals surface area contributed by atoms with E-state index in [1.807, 2.05) is 25.2 Å². The van der Waals surface area contributed by atoms with Crippen LogP contribution in [0.2, 0.25) is 10.0 Å². The van der Waals surface area contributed by atoms with Crippen molar-refractivity contribution in [1.82, 2.24) is 5.32 Å². The van der Waals surface area contributed by atoms with Crippen molar-refractivity contribution in [3.8, 4) is 0 Å². The number of benzene rings is 1. The molecule has 20 heavy (non-hydrogen) atoms. The van der Waals surface area contributed by atoms with Gasteiger partial charge in [-0.15, -0.1) is 0 Å². The maximum atomic E-state index is 6.24. The largest absolute Gasteiger partial charge is 0.378 e. The van der Waals surface area contributed by atoms with Crippen LogP contribution < -0.4 is 5.32 Å². The first-order valence-electron chi connectivity index (χ1n) is 7.42. The molecule has 1 fully saturated rings. The molecule has 4 heteroatoms. The molecule has 1 heterocycles. The molecule has 2 nitrogen and oxygen atoms in total. The summed E-state index contributed by atoms with van der Waals surface area (Å²) in [5.74, 6) is 0. The summed E-state index contributed by atoms with van der Waals surface area (Å²) in [6, 6.07) is 6.20. The zero-order valence-electron chi connectivity index (χ0n) is 12.0. The van der Waals surface area contributed by atoms with E-state index in [2.05, 4.69) is 5.32 Å². The second kappa shape index (κ2) is 8.23. The van der Waals surface area contributed by atoms with Gasteiger partial charge in [-0.25, -0.2) is 0 Å². The molecule has 1 aliphatic rings. The molecule has 0 aromatic heterocycles. The Labute approximate surface area is 131 Å². The minimum atomic E-state index is 0.454. The van der Waals surface area contributed by atoms with E-state index < -0.39 is 0 Å². The highest BCUT2D eigenvalue weighted by atomic mass is 35.5. The minimum absolute atomic E-state index is 0.454.